The van der Waals surface area contributed by atoms with E-state index in [9.17, 15) is 33.9 Å². The highest BCUT2D eigenvalue weighted by atomic mass is 32.1. The zero-order chi connectivity index (χ0) is 61.5. The third-order valence-corrected chi connectivity index (χ3v) is 18.5. The number of rotatable bonds is 26. The third kappa shape index (κ3) is 17.5. The van der Waals surface area contributed by atoms with Gasteiger partial charge < -0.3 is 45.5 Å². The van der Waals surface area contributed by atoms with Gasteiger partial charge in [-0.2, -0.15) is 0 Å². The quantitative estimate of drug-likeness (QED) is 0.0329. The molecule has 2 aromatic heterocycles. The number of aryl methyl sites for hydroxylation is 3. The van der Waals surface area contributed by atoms with E-state index in [0.29, 0.717) is 62.7 Å². The van der Waals surface area contributed by atoms with E-state index in [-0.39, 0.29) is 61.2 Å². The van der Waals surface area contributed by atoms with Crippen molar-refractivity contribution >= 4 is 46.6 Å². The van der Waals surface area contributed by atoms with Crippen LogP contribution in [0.25, 0.3) is 21.6 Å². The monoisotopic (exact) mass is 1200 g/mol. The number of benzene rings is 3. The summed E-state index contributed by atoms with van der Waals surface area (Å²) in [6, 6.07) is 21.3. The fourth-order valence-electron chi connectivity index (χ4n) is 12.4. The first-order chi connectivity index (χ1) is 41.3. The highest BCUT2D eigenvalue weighted by Crippen LogP contribution is 2.35. The maximum atomic E-state index is 14.1. The zero-order valence-electron chi connectivity index (χ0n) is 52.2. The molecule has 5 N–H and O–H groups in total. The number of amides is 5. The van der Waals surface area contributed by atoms with Gasteiger partial charge in [0.1, 0.15) is 12.1 Å². The number of aromatic nitrogens is 2. The number of ether oxygens (including phenoxy) is 1. The Balaban J connectivity index is 0.715. The summed E-state index contributed by atoms with van der Waals surface area (Å²) in [5.74, 6) is -0.883. The molecule has 86 heavy (non-hydrogen) atoms. The summed E-state index contributed by atoms with van der Waals surface area (Å²) >= 11 is 1.58. The Morgan fingerprint density at radius 1 is 0.791 bits per heavy atom. The average Bonchev–Trinajstić information content (AvgIpc) is 2.25. The number of nitrogens with one attached hydrogen (secondary N) is 4. The Morgan fingerprint density at radius 3 is 2.06 bits per heavy atom. The Hall–Kier alpha value is -6.73. The summed E-state index contributed by atoms with van der Waals surface area (Å²) in [5, 5.41) is 19.7. The second-order valence-electron chi connectivity index (χ2n) is 25.0. The van der Waals surface area contributed by atoms with Crippen molar-refractivity contribution in [3.05, 3.63) is 127 Å². The van der Waals surface area contributed by atoms with Gasteiger partial charge in [-0.1, -0.05) is 108 Å². The van der Waals surface area contributed by atoms with Crippen molar-refractivity contribution in [1.29, 1.82) is 0 Å². The van der Waals surface area contributed by atoms with E-state index >= 15 is 0 Å². The highest BCUT2D eigenvalue weighted by molar-refractivity contribution is 7.13. The van der Waals surface area contributed by atoms with Gasteiger partial charge in [0.2, 0.25) is 23.6 Å². The van der Waals surface area contributed by atoms with E-state index in [1.165, 1.54) is 10.5 Å². The molecule has 0 saturated carbocycles. The van der Waals surface area contributed by atoms with Gasteiger partial charge in [0, 0.05) is 120 Å². The van der Waals surface area contributed by atoms with Gasteiger partial charge in [0.25, 0.3) is 11.5 Å². The van der Waals surface area contributed by atoms with Crippen molar-refractivity contribution in [3.8, 4) is 21.6 Å². The van der Waals surface area contributed by atoms with Crippen LogP contribution >= 0.6 is 11.3 Å². The number of thiazole rings is 1. The van der Waals surface area contributed by atoms with Crippen molar-refractivity contribution in [3.63, 3.8) is 0 Å². The minimum Gasteiger partial charge on any atom is -0.391 e. The van der Waals surface area contributed by atoms with Gasteiger partial charge >= 0.3 is 0 Å². The van der Waals surface area contributed by atoms with E-state index in [1.54, 1.807) is 11.3 Å². The molecule has 3 saturated heterocycles. The van der Waals surface area contributed by atoms with Crippen LogP contribution in [-0.2, 0) is 43.5 Å². The van der Waals surface area contributed by atoms with Gasteiger partial charge in [-0.25, -0.2) is 4.98 Å². The number of anilines is 1. The lowest BCUT2D eigenvalue weighted by Crippen LogP contribution is -2.57. The molecule has 3 fully saturated rings. The number of pyridine rings is 1. The van der Waals surface area contributed by atoms with E-state index in [4.69, 9.17) is 4.74 Å². The summed E-state index contributed by atoms with van der Waals surface area (Å²) in [4.78, 5) is 97.6. The summed E-state index contributed by atoms with van der Waals surface area (Å²) in [6.45, 7) is 22.1. The molecule has 5 aromatic rings. The SMILES string of the molecule is CCN(c1cc(-c2ccc(CN3CCN(C(=O)CCCCCCCCCCC(=O)N[C@H](C(=O)N4C[C@H](O)C[C@H]4C(=O)NCc4ccc(-c5scnc5C)cc4)C(C)(C)C)CC3)cc2)cc(C(=O)NCc2c(C)cc(C)[nH]c2=O)c1C)C1CCOCC1. The maximum absolute atomic E-state index is 14.1. The number of carbonyl (C=O) groups is 5. The molecule has 3 aliphatic heterocycles. The fourth-order valence-corrected chi connectivity index (χ4v) is 13.2. The van der Waals surface area contributed by atoms with Crippen LogP contribution in [0.3, 0.4) is 0 Å². The Labute approximate surface area is 513 Å². The molecule has 5 amide bonds. The second kappa shape index (κ2) is 30.8. The molecule has 0 unspecified atom stereocenters. The molecular formula is C68H93N9O8S. The molecule has 17 nitrogen and oxygen atoms in total. The molecule has 0 radical (unpaired) electrons. The second-order valence-corrected chi connectivity index (χ2v) is 25.9. The minimum absolute atomic E-state index is 0.0284. The summed E-state index contributed by atoms with van der Waals surface area (Å²) in [5.41, 5.74) is 11.8. The van der Waals surface area contributed by atoms with Crippen LogP contribution in [0.4, 0.5) is 5.69 Å². The number of nitrogens with zero attached hydrogens (tertiary/aromatic N) is 5. The average molecular weight is 1200 g/mol. The number of hydrogen-bond donors (Lipinski definition) is 5. The molecule has 464 valence electrons. The van der Waals surface area contributed by atoms with Crippen LogP contribution in [0.15, 0.2) is 77.0 Å². The number of likely N-dealkylation sites (tertiary alicyclic amines) is 1. The van der Waals surface area contributed by atoms with Crippen LogP contribution < -0.4 is 26.4 Å². The van der Waals surface area contributed by atoms with Crippen molar-refractivity contribution in [2.45, 2.75) is 183 Å². The van der Waals surface area contributed by atoms with Gasteiger partial charge in [0.15, 0.2) is 0 Å². The van der Waals surface area contributed by atoms with Crippen molar-refractivity contribution in [2.75, 3.05) is 57.4 Å². The topological polar surface area (TPSA) is 210 Å². The molecule has 0 aliphatic carbocycles. The van der Waals surface area contributed by atoms with E-state index in [2.05, 4.69) is 73.0 Å². The van der Waals surface area contributed by atoms with Crippen LogP contribution in [0.5, 0.6) is 0 Å². The molecule has 8 rings (SSSR count). The normalized spacial score (nSPS) is 17.1. The molecule has 0 spiro atoms. The van der Waals surface area contributed by atoms with Crippen molar-refractivity contribution in [1.82, 2.24) is 40.6 Å². The number of carbonyl (C=O) groups excluding carboxylic acids is 5. The predicted molar refractivity (Wildman–Crippen MR) is 341 cm³/mol. The van der Waals surface area contributed by atoms with E-state index < -0.39 is 23.6 Å². The minimum atomic E-state index is -0.858. The number of β-amino-alcohol motifs (C(OH)–C–C–N with tert-alkyl or cyclic N) is 1. The van der Waals surface area contributed by atoms with Crippen LogP contribution in [0.1, 0.15) is 161 Å². The number of piperazine rings is 1. The molecule has 3 aliphatic rings. The highest BCUT2D eigenvalue weighted by Gasteiger charge is 2.44. The smallest absolute Gasteiger partial charge is 0.253 e. The van der Waals surface area contributed by atoms with Crippen LogP contribution in [0, 0.1) is 33.1 Å². The van der Waals surface area contributed by atoms with Gasteiger partial charge in [-0.3, -0.25) is 33.7 Å². The number of hydrogen-bond acceptors (Lipinski definition) is 12. The predicted octanol–water partition coefficient (Wildman–Crippen LogP) is 9.69. The van der Waals surface area contributed by atoms with E-state index in [1.807, 2.05) is 95.3 Å². The van der Waals surface area contributed by atoms with Crippen molar-refractivity contribution < 1.29 is 33.8 Å². The molecule has 3 atom stereocenters. The maximum Gasteiger partial charge on any atom is 0.253 e. The van der Waals surface area contributed by atoms with Crippen LogP contribution in [-0.4, -0.2) is 136 Å². The van der Waals surface area contributed by atoms with Gasteiger partial charge in [-0.05, 0) is 123 Å². The van der Waals surface area contributed by atoms with Gasteiger partial charge in [-0.15, -0.1) is 11.3 Å². The molecule has 3 aromatic carbocycles. The number of aliphatic hydroxyl groups excluding tert-OH is 1. The molecular weight excluding hydrogens is 1100 g/mol. The standard InChI is InChI=1S/C68H93N9O8S/c1-9-76(54-28-34-85-35-29-54)58-38-53(37-56(47(58)4)64(81)70-41-57-45(2)36-46(3)72-65(57)82)51-24-22-50(23-25-51)42-74-30-32-75(33-31-74)61(80)19-17-15-13-11-10-12-14-16-18-60(79)73-63(68(6,7)8)67(84)77-43-55(78)39-59(77)66(83)69-40-49-20-26-52(27-21-49)62-48(5)71-44-86-62/h20-27,36-38,44,54-55,59,63,78H,9-19,28-35,39-43H2,1-8H3,(H,69,83)(H,70,81)(H,72,82)(H,73,79)/t55-,59+,63-/m1/s1. The number of aliphatic hydroxyl groups is 1. The van der Waals surface area contributed by atoms with Crippen LogP contribution in [0.2, 0.25) is 0 Å². The summed E-state index contributed by atoms with van der Waals surface area (Å²) < 4.78 is 5.72. The fraction of sp³-hybridized carbons (Fsp3) is 0.544. The molecule has 5 heterocycles. The molecule has 18 heteroatoms. The van der Waals surface area contributed by atoms with E-state index in [0.717, 1.165) is 139 Å². The number of aromatic amines is 1. The molecule has 0 bridgehead atoms. The zero-order valence-corrected chi connectivity index (χ0v) is 53.0. The largest absolute Gasteiger partial charge is 0.391 e. The Bertz CT molecular complexity index is 3160. The summed E-state index contributed by atoms with van der Waals surface area (Å²) in [7, 11) is 0. The third-order valence-electron chi connectivity index (χ3n) is 17.5. The first kappa shape index (κ1) is 65.2. The lowest BCUT2D eigenvalue weighted by atomic mass is 9.85. The van der Waals surface area contributed by atoms with Gasteiger partial charge in [0.05, 0.1) is 22.2 Å². The summed E-state index contributed by atoms with van der Waals surface area (Å²) in [6.07, 6.45) is 9.69. The first-order valence-electron chi connectivity index (χ1n) is 31.4. The van der Waals surface area contributed by atoms with Crippen molar-refractivity contribution in [2.24, 2.45) is 5.41 Å². The lowest BCUT2D eigenvalue weighted by molar-refractivity contribution is -0.144. The number of H-pyrrole nitrogens is 1. The Morgan fingerprint density at radius 2 is 1.43 bits per heavy atom. The number of unbranched alkanes of at least 4 members (excludes halogenated alkanes) is 7. The lowest BCUT2D eigenvalue weighted by Gasteiger charge is -2.37. The first-order valence-corrected chi connectivity index (χ1v) is 32.3. The Kier molecular flexibility index (Phi) is 23.3.